The van der Waals surface area contributed by atoms with Gasteiger partial charge in [0, 0.05) is 24.5 Å². The number of piperazine rings is 1. The average Bonchev–Trinajstić information content (AvgIpc) is 3.34. The number of rotatable bonds is 12. The largest absolute Gasteiger partial charge is 0.370 e. The number of guanidine groups is 1. The zero-order chi connectivity index (χ0) is 24.3. The fraction of sp³-hybridized carbons (Fsp3) is 0.417. The first-order chi connectivity index (χ1) is 16.5. The van der Waals surface area contributed by atoms with Crippen LogP contribution in [0.1, 0.15) is 29.7 Å². The number of aryl methyl sites for hydroxylation is 1. The molecule has 1 aromatic heterocycles. The predicted octanol–water partition coefficient (Wildman–Crippen LogP) is 0.789. The third kappa shape index (κ3) is 7.31. The minimum atomic E-state index is -1.18. The number of hydrogen-bond donors (Lipinski definition) is 4. The highest BCUT2D eigenvalue weighted by molar-refractivity contribution is 7.09. The Bertz CT molecular complexity index is 976. The van der Waals surface area contributed by atoms with Gasteiger partial charge >= 0.3 is 0 Å². The molecule has 0 saturated carbocycles. The number of carbonyl (C=O) groups excluding carboxylic acids is 3. The molecular weight excluding hydrogens is 452 g/mol. The molecule has 2 unspecified atom stereocenters. The Kier molecular flexibility index (Phi) is 9.45. The lowest BCUT2D eigenvalue weighted by molar-refractivity contribution is -0.154. The smallest absolute Gasteiger partial charge is 0.253 e. The highest BCUT2D eigenvalue weighted by Gasteiger charge is 2.43. The van der Waals surface area contributed by atoms with E-state index in [1.165, 1.54) is 10.5 Å². The summed E-state index contributed by atoms with van der Waals surface area (Å²) in [6.45, 7) is 1.08. The molecule has 1 aliphatic heterocycles. The van der Waals surface area contributed by atoms with Gasteiger partial charge in [0.05, 0.1) is 0 Å². The van der Waals surface area contributed by atoms with Crippen LogP contribution in [0.4, 0.5) is 0 Å². The molecule has 0 aliphatic carbocycles. The molecule has 2 atom stereocenters. The highest BCUT2D eigenvalue weighted by Crippen LogP contribution is 2.17. The zero-order valence-corrected chi connectivity index (χ0v) is 19.9. The standard InChI is InChI=1S/C24H32N6O3S/c25-24(26)28-14-5-11-19-23(33)30(15-12-18-10-6-16-34-18)20(22(32)29-19)21(31)27-13-4-9-17-7-2-1-3-8-17/h1-3,6-8,10,16,19-20H,4-5,9,11-15H2,(H,27,31)(H,29,32)(H4,25,26,28). The molecule has 0 bridgehead atoms. The van der Waals surface area contributed by atoms with E-state index >= 15 is 0 Å². The number of aliphatic imine (C=N–C) groups is 1. The minimum Gasteiger partial charge on any atom is -0.370 e. The van der Waals surface area contributed by atoms with Crippen LogP contribution in [0.15, 0.2) is 52.8 Å². The number of carbonyl (C=O) groups is 3. The van der Waals surface area contributed by atoms with Gasteiger partial charge in [-0.3, -0.25) is 19.4 Å². The summed E-state index contributed by atoms with van der Waals surface area (Å²) in [6.07, 6.45) is 3.05. The van der Waals surface area contributed by atoms with Crippen LogP contribution in [0.25, 0.3) is 0 Å². The van der Waals surface area contributed by atoms with Crippen molar-refractivity contribution in [2.24, 2.45) is 16.5 Å². The van der Waals surface area contributed by atoms with Crippen LogP contribution in [0.5, 0.6) is 0 Å². The molecule has 0 spiro atoms. The Morgan fingerprint density at radius 1 is 1.09 bits per heavy atom. The quantitative estimate of drug-likeness (QED) is 0.152. The molecule has 1 aliphatic rings. The first-order valence-electron chi connectivity index (χ1n) is 11.5. The van der Waals surface area contributed by atoms with Crippen molar-refractivity contribution in [3.8, 4) is 0 Å². The van der Waals surface area contributed by atoms with Gasteiger partial charge in [0.15, 0.2) is 12.0 Å². The third-order valence-corrected chi connectivity index (χ3v) is 6.55. The summed E-state index contributed by atoms with van der Waals surface area (Å²) in [6, 6.07) is 12.0. The summed E-state index contributed by atoms with van der Waals surface area (Å²) in [7, 11) is 0. The number of nitrogens with one attached hydrogen (secondary N) is 2. The van der Waals surface area contributed by atoms with Gasteiger partial charge in [0.2, 0.25) is 5.91 Å². The van der Waals surface area contributed by atoms with Gasteiger partial charge in [-0.15, -0.1) is 11.3 Å². The molecule has 0 radical (unpaired) electrons. The number of amides is 3. The first kappa shape index (κ1) is 25.2. The Hall–Kier alpha value is -3.40. The normalized spacial score (nSPS) is 17.8. The van der Waals surface area contributed by atoms with Crippen LogP contribution in [0.2, 0.25) is 0 Å². The topological polar surface area (TPSA) is 143 Å². The average molecular weight is 485 g/mol. The number of hydrogen-bond acceptors (Lipinski definition) is 5. The lowest BCUT2D eigenvalue weighted by atomic mass is 10.0. The number of nitrogens with two attached hydrogens (primary N) is 2. The first-order valence-corrected chi connectivity index (χ1v) is 12.3. The van der Waals surface area contributed by atoms with Crippen molar-refractivity contribution in [2.75, 3.05) is 19.6 Å². The highest BCUT2D eigenvalue weighted by atomic mass is 32.1. The van der Waals surface area contributed by atoms with Crippen LogP contribution in [-0.4, -0.2) is 60.3 Å². The molecule has 9 nitrogen and oxygen atoms in total. The summed E-state index contributed by atoms with van der Waals surface area (Å²) < 4.78 is 0. The van der Waals surface area contributed by atoms with E-state index in [0.29, 0.717) is 38.9 Å². The number of nitrogens with zero attached hydrogens (tertiary/aromatic N) is 2. The Morgan fingerprint density at radius 3 is 2.59 bits per heavy atom. The van der Waals surface area contributed by atoms with Crippen LogP contribution in [0.3, 0.4) is 0 Å². The molecule has 6 N–H and O–H groups in total. The van der Waals surface area contributed by atoms with Crippen LogP contribution in [-0.2, 0) is 27.2 Å². The molecule has 1 saturated heterocycles. The molecule has 3 amide bonds. The molecular formula is C24H32N6O3S. The van der Waals surface area contributed by atoms with Crippen molar-refractivity contribution in [3.63, 3.8) is 0 Å². The zero-order valence-electron chi connectivity index (χ0n) is 19.1. The molecule has 1 aromatic carbocycles. The van der Waals surface area contributed by atoms with Gasteiger partial charge in [0.25, 0.3) is 11.8 Å². The minimum absolute atomic E-state index is 0.0134. The SMILES string of the molecule is NC(N)=NCCCC1NC(=O)C(C(=O)NCCCc2ccccc2)N(CCc2cccs2)C1=O. The molecule has 2 aromatic rings. The summed E-state index contributed by atoms with van der Waals surface area (Å²) in [4.78, 5) is 45.6. The van der Waals surface area contributed by atoms with E-state index in [0.717, 1.165) is 17.7 Å². The lowest BCUT2D eigenvalue weighted by Crippen LogP contribution is -2.67. The van der Waals surface area contributed by atoms with E-state index in [1.807, 2.05) is 47.8 Å². The Labute approximate surface area is 203 Å². The maximum atomic E-state index is 13.2. The fourth-order valence-corrected chi connectivity index (χ4v) is 4.61. The predicted molar refractivity (Wildman–Crippen MR) is 133 cm³/mol. The molecule has 34 heavy (non-hydrogen) atoms. The Morgan fingerprint density at radius 2 is 1.88 bits per heavy atom. The van der Waals surface area contributed by atoms with Crippen molar-refractivity contribution in [1.29, 1.82) is 0 Å². The van der Waals surface area contributed by atoms with E-state index in [9.17, 15) is 14.4 Å². The van der Waals surface area contributed by atoms with E-state index < -0.39 is 23.9 Å². The summed E-state index contributed by atoms with van der Waals surface area (Å²) in [5.41, 5.74) is 11.9. The van der Waals surface area contributed by atoms with Gasteiger partial charge in [0.1, 0.15) is 6.04 Å². The third-order valence-electron chi connectivity index (χ3n) is 5.61. The van der Waals surface area contributed by atoms with Gasteiger partial charge < -0.3 is 27.0 Å². The van der Waals surface area contributed by atoms with Gasteiger partial charge in [-0.25, -0.2) is 0 Å². The second-order valence-electron chi connectivity index (χ2n) is 8.15. The monoisotopic (exact) mass is 484 g/mol. The second-order valence-corrected chi connectivity index (χ2v) is 9.19. The fourth-order valence-electron chi connectivity index (χ4n) is 3.91. The Balaban J connectivity index is 1.61. The molecule has 10 heteroatoms. The van der Waals surface area contributed by atoms with E-state index in [2.05, 4.69) is 15.6 Å². The van der Waals surface area contributed by atoms with E-state index in [1.54, 1.807) is 11.3 Å². The summed E-state index contributed by atoms with van der Waals surface area (Å²) in [5.74, 6) is -1.19. The maximum Gasteiger partial charge on any atom is 0.253 e. The van der Waals surface area contributed by atoms with Crippen LogP contribution >= 0.6 is 11.3 Å². The van der Waals surface area contributed by atoms with Crippen molar-refractivity contribution in [2.45, 2.75) is 44.2 Å². The van der Waals surface area contributed by atoms with E-state index in [4.69, 9.17) is 11.5 Å². The van der Waals surface area contributed by atoms with Gasteiger partial charge in [-0.05, 0) is 49.1 Å². The maximum absolute atomic E-state index is 13.2. The van der Waals surface area contributed by atoms with Crippen molar-refractivity contribution in [1.82, 2.24) is 15.5 Å². The van der Waals surface area contributed by atoms with Gasteiger partial charge in [-0.1, -0.05) is 36.4 Å². The van der Waals surface area contributed by atoms with Crippen molar-refractivity contribution >= 4 is 35.0 Å². The van der Waals surface area contributed by atoms with Crippen molar-refractivity contribution in [3.05, 3.63) is 58.3 Å². The van der Waals surface area contributed by atoms with Crippen LogP contribution < -0.4 is 22.1 Å². The number of thiophene rings is 1. The summed E-state index contributed by atoms with van der Waals surface area (Å²) in [5, 5.41) is 7.53. The molecule has 182 valence electrons. The number of benzene rings is 1. The van der Waals surface area contributed by atoms with Crippen LogP contribution in [0, 0.1) is 0 Å². The van der Waals surface area contributed by atoms with E-state index in [-0.39, 0.29) is 11.9 Å². The molecule has 2 heterocycles. The molecule has 3 rings (SSSR count). The molecule has 1 fully saturated rings. The lowest BCUT2D eigenvalue weighted by Gasteiger charge is -2.38. The van der Waals surface area contributed by atoms with Crippen molar-refractivity contribution < 1.29 is 14.4 Å². The van der Waals surface area contributed by atoms with Gasteiger partial charge in [-0.2, -0.15) is 0 Å². The second kappa shape index (κ2) is 12.7. The summed E-state index contributed by atoms with van der Waals surface area (Å²) >= 11 is 1.58.